The Labute approximate surface area is 119 Å². The molecule has 0 aliphatic heterocycles. The minimum Gasteiger partial charge on any atom is -0.397 e. The molecule has 0 aromatic heterocycles. The summed E-state index contributed by atoms with van der Waals surface area (Å²) in [5.41, 5.74) is 7.29. The minimum absolute atomic E-state index is 0.219. The van der Waals surface area contributed by atoms with Crippen LogP contribution in [0.4, 0.5) is 11.4 Å². The first-order chi connectivity index (χ1) is 8.80. The van der Waals surface area contributed by atoms with Crippen molar-refractivity contribution in [3.63, 3.8) is 0 Å². The Bertz CT molecular complexity index is 530. The molecule has 0 radical (unpaired) electrons. The van der Waals surface area contributed by atoms with Gasteiger partial charge in [0, 0.05) is 33.4 Å². The topological polar surface area (TPSA) is 66.6 Å². The van der Waals surface area contributed by atoms with Gasteiger partial charge in [-0.3, -0.25) is 0 Å². The summed E-state index contributed by atoms with van der Waals surface area (Å²) >= 11 is 1.76. The fraction of sp³-hybridized carbons (Fsp3) is 0.500. The molecule has 108 valence electrons. The van der Waals surface area contributed by atoms with Crippen molar-refractivity contribution in [2.24, 2.45) is 0 Å². The number of rotatable bonds is 6. The van der Waals surface area contributed by atoms with Gasteiger partial charge in [-0.25, -0.2) is 12.7 Å². The lowest BCUT2D eigenvalue weighted by Crippen LogP contribution is -2.24. The van der Waals surface area contributed by atoms with Crippen LogP contribution in [-0.2, 0) is 10.0 Å². The minimum atomic E-state index is -3.43. The molecule has 0 unspecified atom stereocenters. The van der Waals surface area contributed by atoms with Gasteiger partial charge in [0.2, 0.25) is 10.0 Å². The average Bonchev–Trinajstić information content (AvgIpc) is 2.35. The lowest BCUT2D eigenvalue weighted by molar-refractivity contribution is 0.521. The van der Waals surface area contributed by atoms with Crippen molar-refractivity contribution < 1.29 is 8.42 Å². The average molecular weight is 303 g/mol. The Morgan fingerprint density at radius 1 is 1.26 bits per heavy atom. The molecule has 0 heterocycles. The van der Waals surface area contributed by atoms with Gasteiger partial charge in [-0.1, -0.05) is 0 Å². The van der Waals surface area contributed by atoms with Crippen LogP contribution in [0.5, 0.6) is 0 Å². The van der Waals surface area contributed by atoms with Gasteiger partial charge in [-0.2, -0.15) is 11.8 Å². The molecule has 5 nitrogen and oxygen atoms in total. The number of anilines is 2. The lowest BCUT2D eigenvalue weighted by Gasteiger charge is -2.21. The maximum atomic E-state index is 12.0. The predicted octanol–water partition coefficient (Wildman–Crippen LogP) is 1.32. The molecule has 0 aliphatic carbocycles. The van der Waals surface area contributed by atoms with E-state index >= 15 is 0 Å². The van der Waals surface area contributed by atoms with Crippen molar-refractivity contribution in [2.45, 2.75) is 4.90 Å². The molecule has 0 aliphatic rings. The zero-order valence-electron chi connectivity index (χ0n) is 11.8. The molecule has 19 heavy (non-hydrogen) atoms. The van der Waals surface area contributed by atoms with E-state index in [0.29, 0.717) is 5.69 Å². The second-order valence-corrected chi connectivity index (χ2v) is 7.56. The highest BCUT2D eigenvalue weighted by Gasteiger charge is 2.18. The zero-order chi connectivity index (χ0) is 14.6. The van der Waals surface area contributed by atoms with Gasteiger partial charge in [-0.05, 0) is 24.5 Å². The Balaban J connectivity index is 3.05. The molecule has 0 fully saturated rings. The van der Waals surface area contributed by atoms with Crippen LogP contribution < -0.4 is 10.6 Å². The van der Waals surface area contributed by atoms with Crippen molar-refractivity contribution in [1.29, 1.82) is 0 Å². The summed E-state index contributed by atoms with van der Waals surface area (Å²) in [5, 5.41) is 0. The quantitative estimate of drug-likeness (QED) is 0.803. The van der Waals surface area contributed by atoms with Gasteiger partial charge in [-0.15, -0.1) is 0 Å². The number of nitrogens with two attached hydrogens (primary N) is 1. The standard InChI is InChI=1S/C12H21N3O2S2/c1-14(2)19(16,17)10-5-6-12(11(13)9-10)15(3)7-8-18-4/h5-6,9H,7-8,13H2,1-4H3. The Hall–Kier alpha value is -0.920. The summed E-state index contributed by atoms with van der Waals surface area (Å²) in [6.45, 7) is 0.866. The van der Waals surface area contributed by atoms with Crippen molar-refractivity contribution in [3.8, 4) is 0 Å². The molecular weight excluding hydrogens is 282 g/mol. The van der Waals surface area contributed by atoms with Crippen LogP contribution in [0.25, 0.3) is 0 Å². The van der Waals surface area contributed by atoms with Gasteiger partial charge in [0.25, 0.3) is 0 Å². The Kier molecular flexibility index (Phi) is 5.51. The first-order valence-corrected chi connectivity index (χ1v) is 8.66. The highest BCUT2D eigenvalue weighted by Crippen LogP contribution is 2.26. The van der Waals surface area contributed by atoms with E-state index in [0.717, 1.165) is 18.0 Å². The number of hydrogen-bond donors (Lipinski definition) is 1. The number of thioether (sulfide) groups is 1. The third-order valence-corrected chi connectivity index (χ3v) is 5.22. The van der Waals surface area contributed by atoms with E-state index in [9.17, 15) is 8.42 Å². The first-order valence-electron chi connectivity index (χ1n) is 5.83. The van der Waals surface area contributed by atoms with Gasteiger partial charge in [0.1, 0.15) is 0 Å². The van der Waals surface area contributed by atoms with Crippen LogP contribution >= 0.6 is 11.8 Å². The number of nitrogens with zero attached hydrogens (tertiary/aromatic N) is 2. The van der Waals surface area contributed by atoms with Gasteiger partial charge in [0.05, 0.1) is 16.3 Å². The van der Waals surface area contributed by atoms with Crippen LogP contribution in [0, 0.1) is 0 Å². The number of nitrogen functional groups attached to an aromatic ring is 1. The normalized spacial score (nSPS) is 11.8. The third kappa shape index (κ3) is 3.77. The smallest absolute Gasteiger partial charge is 0.242 e. The van der Waals surface area contributed by atoms with Crippen LogP contribution in [0.1, 0.15) is 0 Å². The van der Waals surface area contributed by atoms with E-state index in [-0.39, 0.29) is 4.90 Å². The predicted molar refractivity (Wildman–Crippen MR) is 83.4 cm³/mol. The van der Waals surface area contributed by atoms with E-state index in [1.165, 1.54) is 24.5 Å². The summed E-state index contributed by atoms with van der Waals surface area (Å²) in [6, 6.07) is 4.86. The Morgan fingerprint density at radius 3 is 2.37 bits per heavy atom. The molecule has 0 atom stereocenters. The second kappa shape index (κ2) is 6.49. The number of sulfonamides is 1. The summed E-state index contributed by atoms with van der Waals surface area (Å²) in [4.78, 5) is 2.25. The monoisotopic (exact) mass is 303 g/mol. The Morgan fingerprint density at radius 2 is 1.89 bits per heavy atom. The third-order valence-electron chi connectivity index (χ3n) is 2.82. The molecule has 1 rings (SSSR count). The van der Waals surface area contributed by atoms with Gasteiger partial charge >= 0.3 is 0 Å². The van der Waals surface area contributed by atoms with Crippen molar-refractivity contribution in [1.82, 2.24) is 4.31 Å². The number of hydrogen-bond acceptors (Lipinski definition) is 5. The fourth-order valence-electron chi connectivity index (χ4n) is 1.60. The summed E-state index contributed by atoms with van der Waals surface area (Å²) in [7, 11) is 1.53. The van der Waals surface area contributed by atoms with E-state index < -0.39 is 10.0 Å². The molecular formula is C12H21N3O2S2. The summed E-state index contributed by atoms with van der Waals surface area (Å²) in [5.74, 6) is 0.994. The van der Waals surface area contributed by atoms with E-state index in [1.54, 1.807) is 23.9 Å². The van der Waals surface area contributed by atoms with Gasteiger partial charge < -0.3 is 10.6 Å². The highest BCUT2D eigenvalue weighted by molar-refractivity contribution is 7.98. The molecule has 0 saturated carbocycles. The molecule has 2 N–H and O–H groups in total. The SMILES string of the molecule is CSCCN(C)c1ccc(S(=O)(=O)N(C)C)cc1N. The fourth-order valence-corrected chi connectivity index (χ4v) is 2.99. The molecule has 1 aromatic carbocycles. The van der Waals surface area contributed by atoms with Crippen LogP contribution in [-0.4, -0.2) is 52.4 Å². The van der Waals surface area contributed by atoms with Crippen molar-refractivity contribution >= 4 is 33.2 Å². The zero-order valence-corrected chi connectivity index (χ0v) is 13.4. The van der Waals surface area contributed by atoms with Crippen LogP contribution in [0.3, 0.4) is 0 Å². The molecule has 0 spiro atoms. The van der Waals surface area contributed by atoms with Crippen LogP contribution in [0.2, 0.25) is 0 Å². The lowest BCUT2D eigenvalue weighted by atomic mass is 10.2. The first kappa shape index (κ1) is 16.1. The maximum absolute atomic E-state index is 12.0. The van der Waals surface area contributed by atoms with Crippen molar-refractivity contribution in [2.75, 3.05) is 50.3 Å². The van der Waals surface area contributed by atoms with E-state index in [2.05, 4.69) is 0 Å². The summed E-state index contributed by atoms with van der Waals surface area (Å²) in [6.07, 6.45) is 2.05. The summed E-state index contributed by atoms with van der Waals surface area (Å²) < 4.78 is 25.2. The van der Waals surface area contributed by atoms with E-state index in [1.807, 2.05) is 18.2 Å². The molecule has 0 amide bonds. The number of benzene rings is 1. The maximum Gasteiger partial charge on any atom is 0.242 e. The van der Waals surface area contributed by atoms with E-state index in [4.69, 9.17) is 5.73 Å². The van der Waals surface area contributed by atoms with Gasteiger partial charge in [0.15, 0.2) is 0 Å². The molecule has 0 bridgehead atoms. The van der Waals surface area contributed by atoms with Crippen LogP contribution in [0.15, 0.2) is 23.1 Å². The largest absolute Gasteiger partial charge is 0.397 e. The van der Waals surface area contributed by atoms with Crippen molar-refractivity contribution in [3.05, 3.63) is 18.2 Å². The molecule has 1 aromatic rings. The highest BCUT2D eigenvalue weighted by atomic mass is 32.2. The molecule has 7 heteroatoms. The second-order valence-electron chi connectivity index (χ2n) is 4.42. The molecule has 0 saturated heterocycles.